The average Bonchev–Trinajstić information content (AvgIpc) is 3.21. The number of aromatic nitrogens is 4. The summed E-state index contributed by atoms with van der Waals surface area (Å²) in [6.07, 6.45) is 7.02. The predicted molar refractivity (Wildman–Crippen MR) is 125 cm³/mol. The second-order valence-corrected chi connectivity index (χ2v) is 9.37. The Morgan fingerprint density at radius 3 is 2.82 bits per heavy atom. The van der Waals surface area contributed by atoms with Crippen molar-refractivity contribution in [2.75, 3.05) is 18.5 Å². The van der Waals surface area contributed by atoms with E-state index in [1.165, 1.54) is 0 Å². The molecule has 2 N–H and O–H groups in total. The van der Waals surface area contributed by atoms with Crippen molar-refractivity contribution in [1.29, 1.82) is 0 Å². The molecule has 2 fully saturated rings. The van der Waals surface area contributed by atoms with Crippen molar-refractivity contribution < 1.29 is 14.6 Å². The SMILES string of the molecule is CC1(O)CCC(Nc2nc(OC3COC3)c3c(-c4ccc5ncccc5c4)ccn3n2)CC1. The van der Waals surface area contributed by atoms with Gasteiger partial charge in [-0.1, -0.05) is 12.1 Å². The van der Waals surface area contributed by atoms with Gasteiger partial charge >= 0.3 is 0 Å². The second-order valence-electron chi connectivity index (χ2n) is 9.37. The highest BCUT2D eigenvalue weighted by Gasteiger charge is 2.30. The van der Waals surface area contributed by atoms with Crippen molar-refractivity contribution >= 4 is 22.4 Å². The first-order valence-corrected chi connectivity index (χ1v) is 11.5. The van der Waals surface area contributed by atoms with Crippen molar-refractivity contribution in [2.24, 2.45) is 0 Å². The van der Waals surface area contributed by atoms with Gasteiger partial charge in [0.15, 0.2) is 0 Å². The molecule has 0 amide bonds. The fourth-order valence-electron chi connectivity index (χ4n) is 4.62. The molecule has 0 bridgehead atoms. The number of nitrogens with zero attached hydrogens (tertiary/aromatic N) is 4. The van der Waals surface area contributed by atoms with Crippen LogP contribution in [-0.2, 0) is 4.74 Å². The zero-order valence-corrected chi connectivity index (χ0v) is 18.6. The lowest BCUT2D eigenvalue weighted by atomic mass is 9.84. The molecule has 33 heavy (non-hydrogen) atoms. The minimum atomic E-state index is -0.577. The Hall–Kier alpha value is -3.23. The summed E-state index contributed by atoms with van der Waals surface area (Å²) in [5.41, 5.74) is 3.29. The molecule has 170 valence electrons. The summed E-state index contributed by atoms with van der Waals surface area (Å²) in [5.74, 6) is 1.09. The minimum Gasteiger partial charge on any atom is -0.468 e. The summed E-state index contributed by atoms with van der Waals surface area (Å²) in [4.78, 5) is 9.20. The highest BCUT2D eigenvalue weighted by molar-refractivity contribution is 5.90. The van der Waals surface area contributed by atoms with E-state index in [1.54, 1.807) is 6.20 Å². The van der Waals surface area contributed by atoms with Crippen LogP contribution in [0.25, 0.3) is 27.5 Å². The summed E-state index contributed by atoms with van der Waals surface area (Å²) in [7, 11) is 0. The maximum atomic E-state index is 10.3. The highest BCUT2D eigenvalue weighted by atomic mass is 16.6. The van der Waals surface area contributed by atoms with Gasteiger partial charge in [0.25, 0.3) is 0 Å². The molecular formula is C25H27N5O3. The molecule has 1 aromatic carbocycles. The van der Waals surface area contributed by atoms with Gasteiger partial charge in [-0.3, -0.25) is 4.98 Å². The maximum Gasteiger partial charge on any atom is 0.244 e. The van der Waals surface area contributed by atoms with E-state index in [-0.39, 0.29) is 12.1 Å². The second kappa shape index (κ2) is 7.97. The van der Waals surface area contributed by atoms with Crippen LogP contribution in [-0.4, -0.2) is 55.6 Å². The number of pyridine rings is 1. The monoisotopic (exact) mass is 445 g/mol. The van der Waals surface area contributed by atoms with Crippen molar-refractivity contribution in [2.45, 2.75) is 50.4 Å². The number of benzene rings is 1. The van der Waals surface area contributed by atoms with Gasteiger partial charge in [0, 0.05) is 29.4 Å². The van der Waals surface area contributed by atoms with Crippen molar-refractivity contribution in [3.8, 4) is 17.0 Å². The van der Waals surface area contributed by atoms with Crippen LogP contribution in [0.1, 0.15) is 32.6 Å². The summed E-state index contributed by atoms with van der Waals surface area (Å²) >= 11 is 0. The van der Waals surface area contributed by atoms with E-state index in [2.05, 4.69) is 28.5 Å². The Bertz CT molecular complexity index is 1300. The quantitative estimate of drug-likeness (QED) is 0.482. The number of aliphatic hydroxyl groups is 1. The van der Waals surface area contributed by atoms with Gasteiger partial charge in [-0.2, -0.15) is 4.98 Å². The average molecular weight is 446 g/mol. The van der Waals surface area contributed by atoms with E-state index in [0.717, 1.165) is 53.2 Å². The lowest BCUT2D eigenvalue weighted by Crippen LogP contribution is -2.39. The van der Waals surface area contributed by atoms with Gasteiger partial charge in [-0.25, -0.2) is 4.52 Å². The zero-order valence-electron chi connectivity index (χ0n) is 18.6. The molecule has 6 rings (SSSR count). The number of ether oxygens (including phenoxy) is 2. The fraction of sp³-hybridized carbons (Fsp3) is 0.400. The third-order valence-electron chi connectivity index (χ3n) is 6.67. The van der Waals surface area contributed by atoms with E-state index in [4.69, 9.17) is 19.6 Å². The van der Waals surface area contributed by atoms with Crippen molar-refractivity contribution in [3.63, 3.8) is 0 Å². The molecule has 3 aromatic heterocycles. The first-order valence-electron chi connectivity index (χ1n) is 11.5. The Balaban J connectivity index is 1.38. The molecule has 0 unspecified atom stereocenters. The molecule has 0 atom stereocenters. The molecule has 1 aliphatic heterocycles. The Morgan fingerprint density at radius 2 is 2.03 bits per heavy atom. The summed E-state index contributed by atoms with van der Waals surface area (Å²) in [5, 5.41) is 19.5. The van der Waals surface area contributed by atoms with Gasteiger partial charge in [-0.05, 0) is 62.4 Å². The van der Waals surface area contributed by atoms with Crippen LogP contribution in [0.15, 0.2) is 48.8 Å². The van der Waals surface area contributed by atoms with E-state index >= 15 is 0 Å². The van der Waals surface area contributed by atoms with Crippen LogP contribution in [0.2, 0.25) is 0 Å². The summed E-state index contributed by atoms with van der Waals surface area (Å²) < 4.78 is 13.4. The molecule has 4 aromatic rings. The van der Waals surface area contributed by atoms with Crippen molar-refractivity contribution in [3.05, 3.63) is 48.8 Å². The van der Waals surface area contributed by atoms with E-state index in [1.807, 2.05) is 35.8 Å². The number of nitrogens with one attached hydrogen (secondary N) is 1. The Morgan fingerprint density at radius 1 is 1.18 bits per heavy atom. The van der Waals surface area contributed by atoms with Crippen LogP contribution < -0.4 is 10.1 Å². The van der Waals surface area contributed by atoms with Crippen LogP contribution in [0.5, 0.6) is 5.88 Å². The highest BCUT2D eigenvalue weighted by Crippen LogP contribution is 2.35. The molecule has 4 heterocycles. The van der Waals surface area contributed by atoms with Crippen molar-refractivity contribution in [1.82, 2.24) is 19.6 Å². The number of fused-ring (bicyclic) bond motifs is 2. The van der Waals surface area contributed by atoms with Gasteiger partial charge in [0.1, 0.15) is 11.6 Å². The van der Waals surface area contributed by atoms with Crippen LogP contribution in [0, 0.1) is 0 Å². The van der Waals surface area contributed by atoms with Crippen LogP contribution >= 0.6 is 0 Å². The number of hydrogen-bond donors (Lipinski definition) is 2. The van der Waals surface area contributed by atoms with E-state index in [9.17, 15) is 5.11 Å². The third-order valence-corrected chi connectivity index (χ3v) is 6.67. The van der Waals surface area contributed by atoms with E-state index < -0.39 is 5.60 Å². The molecule has 8 nitrogen and oxygen atoms in total. The Kier molecular flexibility index (Phi) is 4.92. The minimum absolute atomic E-state index is 0.00937. The number of hydrogen-bond acceptors (Lipinski definition) is 7. The van der Waals surface area contributed by atoms with E-state index in [0.29, 0.717) is 25.0 Å². The van der Waals surface area contributed by atoms with Gasteiger partial charge in [0.2, 0.25) is 11.8 Å². The topological polar surface area (TPSA) is 93.8 Å². The third kappa shape index (κ3) is 4.00. The molecule has 2 aliphatic rings. The number of rotatable bonds is 5. The summed E-state index contributed by atoms with van der Waals surface area (Å²) in [6.45, 7) is 3.03. The Labute approximate surface area is 191 Å². The summed E-state index contributed by atoms with van der Waals surface area (Å²) in [6, 6.07) is 12.5. The van der Waals surface area contributed by atoms with Crippen LogP contribution in [0.4, 0.5) is 5.95 Å². The molecule has 0 radical (unpaired) electrons. The van der Waals surface area contributed by atoms with Crippen LogP contribution in [0.3, 0.4) is 0 Å². The molecule has 8 heteroatoms. The predicted octanol–water partition coefficient (Wildman–Crippen LogP) is 3.83. The number of anilines is 1. The molecule has 1 saturated carbocycles. The molecule has 1 aliphatic carbocycles. The van der Waals surface area contributed by atoms with Gasteiger partial charge < -0.3 is 19.9 Å². The molecule has 0 spiro atoms. The smallest absolute Gasteiger partial charge is 0.244 e. The molecular weight excluding hydrogens is 418 g/mol. The standard InChI is InChI=1S/C25H27N5O3/c1-25(31)9-6-18(7-10-25)27-24-28-23(33-19-14-32-15-19)22-20(8-12-30(22)29-24)16-4-5-21-17(13-16)3-2-11-26-21/h2-5,8,11-13,18-19,31H,6-7,9-10,14-15H2,1H3,(H,27,29). The zero-order chi connectivity index (χ0) is 22.4. The fourth-order valence-corrected chi connectivity index (χ4v) is 4.62. The maximum absolute atomic E-state index is 10.3. The van der Waals surface area contributed by atoms with Gasteiger partial charge in [0.05, 0.1) is 24.3 Å². The first-order chi connectivity index (χ1) is 16.0. The largest absolute Gasteiger partial charge is 0.468 e. The first kappa shape index (κ1) is 20.4. The lowest BCUT2D eigenvalue weighted by Gasteiger charge is -2.33. The van der Waals surface area contributed by atoms with Gasteiger partial charge in [-0.15, -0.1) is 5.10 Å². The normalized spacial score (nSPS) is 23.5. The molecule has 1 saturated heterocycles. The lowest BCUT2D eigenvalue weighted by molar-refractivity contribution is -0.0808.